The molecule has 1 heterocycles. The van der Waals surface area contributed by atoms with Gasteiger partial charge in [0, 0.05) is 17.1 Å². The fourth-order valence-electron chi connectivity index (χ4n) is 1.77. The van der Waals surface area contributed by atoms with Gasteiger partial charge in [0.2, 0.25) is 5.88 Å². The molecule has 1 aromatic carbocycles. The quantitative estimate of drug-likeness (QED) is 0.750. The highest BCUT2D eigenvalue weighted by atomic mass is 79.9. The van der Waals surface area contributed by atoms with Gasteiger partial charge in [0.15, 0.2) is 0 Å². The van der Waals surface area contributed by atoms with Gasteiger partial charge in [-0.25, -0.2) is 4.98 Å². The summed E-state index contributed by atoms with van der Waals surface area (Å²) in [5.41, 5.74) is 2.25. The molecule has 2 aromatic rings. The lowest BCUT2D eigenvalue weighted by molar-refractivity contribution is 0.450. The van der Waals surface area contributed by atoms with Crippen LogP contribution >= 0.6 is 15.9 Å². The first-order chi connectivity index (χ1) is 8.72. The first kappa shape index (κ1) is 13.1. The molecule has 0 aliphatic rings. The van der Waals surface area contributed by atoms with Crippen molar-refractivity contribution in [3.63, 3.8) is 0 Å². The molecule has 0 amide bonds. The van der Waals surface area contributed by atoms with E-state index in [2.05, 4.69) is 40.8 Å². The molecule has 18 heavy (non-hydrogen) atoms. The van der Waals surface area contributed by atoms with E-state index in [1.165, 1.54) is 5.56 Å². The van der Waals surface area contributed by atoms with Crippen LogP contribution in [-0.2, 0) is 5.33 Å². The topological polar surface area (TPSA) is 22.1 Å². The molecule has 0 saturated carbocycles. The zero-order valence-electron chi connectivity index (χ0n) is 10.6. The molecule has 0 spiro atoms. The van der Waals surface area contributed by atoms with Gasteiger partial charge in [0.1, 0.15) is 5.75 Å². The van der Waals surface area contributed by atoms with Gasteiger partial charge < -0.3 is 4.74 Å². The third kappa shape index (κ3) is 2.91. The van der Waals surface area contributed by atoms with Gasteiger partial charge in [-0.15, -0.1) is 0 Å². The minimum Gasteiger partial charge on any atom is -0.438 e. The van der Waals surface area contributed by atoms with Gasteiger partial charge >= 0.3 is 0 Å². The minimum atomic E-state index is 0.428. The summed E-state index contributed by atoms with van der Waals surface area (Å²) in [4.78, 5) is 4.29. The largest absolute Gasteiger partial charge is 0.438 e. The third-order valence-electron chi connectivity index (χ3n) is 2.74. The van der Waals surface area contributed by atoms with Crippen molar-refractivity contribution in [3.8, 4) is 11.6 Å². The first-order valence-corrected chi connectivity index (χ1v) is 7.11. The monoisotopic (exact) mass is 305 g/mol. The van der Waals surface area contributed by atoms with Gasteiger partial charge in [-0.3, -0.25) is 0 Å². The van der Waals surface area contributed by atoms with Crippen LogP contribution in [0.2, 0.25) is 0 Å². The Balaban J connectivity index is 2.34. The molecule has 0 bridgehead atoms. The molecule has 0 unspecified atom stereocenters. The van der Waals surface area contributed by atoms with Crippen molar-refractivity contribution >= 4 is 15.9 Å². The van der Waals surface area contributed by atoms with Crippen molar-refractivity contribution in [1.82, 2.24) is 4.98 Å². The number of aromatic nitrogens is 1. The number of pyridine rings is 1. The van der Waals surface area contributed by atoms with Crippen LogP contribution in [0.1, 0.15) is 30.9 Å². The molecular weight excluding hydrogens is 290 g/mol. The number of hydrogen-bond donors (Lipinski definition) is 0. The van der Waals surface area contributed by atoms with Crippen LogP contribution in [0.15, 0.2) is 42.6 Å². The van der Waals surface area contributed by atoms with Crippen LogP contribution < -0.4 is 4.74 Å². The second-order valence-electron chi connectivity index (χ2n) is 4.40. The predicted octanol–water partition coefficient (Wildman–Crippen LogP) is 4.89. The molecule has 94 valence electrons. The molecule has 2 nitrogen and oxygen atoms in total. The Morgan fingerprint density at radius 3 is 2.67 bits per heavy atom. The highest BCUT2D eigenvalue weighted by Gasteiger charge is 2.10. The summed E-state index contributed by atoms with van der Waals surface area (Å²) < 4.78 is 5.95. The maximum atomic E-state index is 5.95. The molecule has 0 aliphatic heterocycles. The molecule has 0 atom stereocenters. The van der Waals surface area contributed by atoms with Crippen LogP contribution in [-0.4, -0.2) is 4.98 Å². The maximum Gasteiger partial charge on any atom is 0.223 e. The Morgan fingerprint density at radius 1 is 1.17 bits per heavy atom. The lowest BCUT2D eigenvalue weighted by Crippen LogP contribution is -1.97. The van der Waals surface area contributed by atoms with Gasteiger partial charge in [0.25, 0.3) is 0 Å². The number of benzene rings is 1. The van der Waals surface area contributed by atoms with Crippen molar-refractivity contribution in [3.05, 3.63) is 53.7 Å². The minimum absolute atomic E-state index is 0.428. The first-order valence-electron chi connectivity index (χ1n) is 5.99. The Labute approximate surface area is 116 Å². The molecule has 0 fully saturated rings. The van der Waals surface area contributed by atoms with Gasteiger partial charge in [-0.05, 0) is 23.6 Å². The highest BCUT2D eigenvalue weighted by molar-refractivity contribution is 9.08. The van der Waals surface area contributed by atoms with Crippen LogP contribution in [0.25, 0.3) is 0 Å². The molecule has 0 N–H and O–H groups in total. The number of alkyl halides is 1. The second kappa shape index (κ2) is 6.01. The van der Waals surface area contributed by atoms with E-state index in [1.807, 2.05) is 30.3 Å². The number of nitrogens with zero attached hydrogens (tertiary/aromatic N) is 1. The van der Waals surface area contributed by atoms with Crippen LogP contribution in [0.4, 0.5) is 0 Å². The number of hydrogen-bond acceptors (Lipinski definition) is 2. The summed E-state index contributed by atoms with van der Waals surface area (Å²) in [6.45, 7) is 4.32. The van der Waals surface area contributed by atoms with Crippen LogP contribution in [0.3, 0.4) is 0 Å². The second-order valence-corrected chi connectivity index (χ2v) is 4.96. The summed E-state index contributed by atoms with van der Waals surface area (Å²) in [6.07, 6.45) is 1.75. The summed E-state index contributed by atoms with van der Waals surface area (Å²) in [6, 6.07) is 12.0. The number of ether oxygens (including phenoxy) is 1. The summed E-state index contributed by atoms with van der Waals surface area (Å²) in [5.74, 6) is 1.98. The third-order valence-corrected chi connectivity index (χ3v) is 3.35. The molecule has 0 radical (unpaired) electrons. The fourth-order valence-corrected chi connectivity index (χ4v) is 2.20. The molecule has 3 heteroatoms. The smallest absolute Gasteiger partial charge is 0.223 e. The van der Waals surface area contributed by atoms with Gasteiger partial charge in [-0.1, -0.05) is 54.0 Å². The van der Waals surface area contributed by atoms with Crippen molar-refractivity contribution in [2.75, 3.05) is 0 Å². The average Bonchev–Trinajstić information content (AvgIpc) is 2.40. The average molecular weight is 306 g/mol. The zero-order chi connectivity index (χ0) is 13.0. The Bertz CT molecular complexity index is 525. The van der Waals surface area contributed by atoms with E-state index in [4.69, 9.17) is 4.74 Å². The van der Waals surface area contributed by atoms with Crippen molar-refractivity contribution in [1.29, 1.82) is 0 Å². The van der Waals surface area contributed by atoms with Crippen molar-refractivity contribution in [2.24, 2.45) is 0 Å². The van der Waals surface area contributed by atoms with Gasteiger partial charge in [-0.2, -0.15) is 0 Å². The van der Waals surface area contributed by atoms with Crippen LogP contribution in [0.5, 0.6) is 11.6 Å². The SMILES string of the molecule is CC(C)c1ccccc1Oc1ncccc1CBr. The Morgan fingerprint density at radius 2 is 1.94 bits per heavy atom. The lowest BCUT2D eigenvalue weighted by Gasteiger charge is -2.14. The summed E-state index contributed by atoms with van der Waals surface area (Å²) in [5, 5.41) is 0.736. The van der Waals surface area contributed by atoms with E-state index in [-0.39, 0.29) is 0 Å². The molecule has 1 aromatic heterocycles. The predicted molar refractivity (Wildman–Crippen MR) is 77.5 cm³/mol. The molecular formula is C15H16BrNO. The standard InChI is InChI=1S/C15H16BrNO/c1-11(2)13-7-3-4-8-14(13)18-15-12(10-16)6-5-9-17-15/h3-9,11H,10H2,1-2H3. The van der Waals surface area contributed by atoms with Crippen LogP contribution in [0, 0.1) is 0 Å². The molecule has 0 aliphatic carbocycles. The molecule has 2 rings (SSSR count). The lowest BCUT2D eigenvalue weighted by atomic mass is 10.0. The number of rotatable bonds is 4. The van der Waals surface area contributed by atoms with E-state index in [0.29, 0.717) is 11.8 Å². The number of para-hydroxylation sites is 1. The fraction of sp³-hybridized carbons (Fsp3) is 0.267. The maximum absolute atomic E-state index is 5.95. The molecule has 0 saturated heterocycles. The van der Waals surface area contributed by atoms with Crippen molar-refractivity contribution in [2.45, 2.75) is 25.1 Å². The van der Waals surface area contributed by atoms with E-state index in [0.717, 1.165) is 16.6 Å². The van der Waals surface area contributed by atoms with E-state index < -0.39 is 0 Å². The Kier molecular flexibility index (Phi) is 4.37. The Hall–Kier alpha value is -1.35. The van der Waals surface area contributed by atoms with E-state index in [9.17, 15) is 0 Å². The summed E-state index contributed by atoms with van der Waals surface area (Å²) >= 11 is 3.45. The van der Waals surface area contributed by atoms with Gasteiger partial charge in [0.05, 0.1) is 0 Å². The van der Waals surface area contributed by atoms with E-state index in [1.54, 1.807) is 6.20 Å². The van der Waals surface area contributed by atoms with Crippen molar-refractivity contribution < 1.29 is 4.74 Å². The zero-order valence-corrected chi connectivity index (χ0v) is 12.1. The van der Waals surface area contributed by atoms with E-state index >= 15 is 0 Å². The number of halogens is 1. The highest BCUT2D eigenvalue weighted by Crippen LogP contribution is 2.31. The summed E-state index contributed by atoms with van der Waals surface area (Å²) in [7, 11) is 0. The normalized spacial score (nSPS) is 10.7.